The molecular weight excluding hydrogens is 350 g/mol. The molecule has 0 spiro atoms. The monoisotopic (exact) mass is 367 g/mol. The third-order valence-electron chi connectivity index (χ3n) is 4.15. The van der Waals surface area contributed by atoms with Gasteiger partial charge in [0.15, 0.2) is 11.5 Å². The molecule has 0 saturated carbocycles. The van der Waals surface area contributed by atoms with E-state index < -0.39 is 0 Å². The van der Waals surface area contributed by atoms with E-state index in [2.05, 4.69) is 20.5 Å². The largest absolute Gasteiger partial charge is 0.454 e. The highest BCUT2D eigenvalue weighted by atomic mass is 16.7. The van der Waals surface area contributed by atoms with Gasteiger partial charge < -0.3 is 14.8 Å². The molecular formula is C18H17N5O4. The molecule has 27 heavy (non-hydrogen) atoms. The van der Waals surface area contributed by atoms with Crippen molar-refractivity contribution in [1.29, 1.82) is 0 Å². The van der Waals surface area contributed by atoms with Gasteiger partial charge in [0.1, 0.15) is 5.69 Å². The average molecular weight is 367 g/mol. The van der Waals surface area contributed by atoms with Gasteiger partial charge in [-0.1, -0.05) is 0 Å². The van der Waals surface area contributed by atoms with Gasteiger partial charge in [0.2, 0.25) is 6.79 Å². The zero-order chi connectivity index (χ0) is 18.8. The number of nitrogens with zero attached hydrogens (tertiary/aromatic N) is 3. The van der Waals surface area contributed by atoms with Crippen LogP contribution in [0.15, 0.2) is 41.5 Å². The highest BCUT2D eigenvalue weighted by molar-refractivity contribution is 5.93. The third kappa shape index (κ3) is 3.52. The number of carbonyl (C=O) groups is 1. The van der Waals surface area contributed by atoms with E-state index in [4.69, 9.17) is 9.47 Å². The Balaban J connectivity index is 1.39. The Morgan fingerprint density at radius 3 is 2.96 bits per heavy atom. The molecule has 2 aromatic heterocycles. The van der Waals surface area contributed by atoms with Crippen LogP contribution in [0.2, 0.25) is 0 Å². The van der Waals surface area contributed by atoms with E-state index in [0.29, 0.717) is 41.7 Å². The highest BCUT2D eigenvalue weighted by Gasteiger charge is 2.16. The summed E-state index contributed by atoms with van der Waals surface area (Å²) in [5.74, 6) is 1.04. The maximum atomic E-state index is 12.3. The molecule has 0 aliphatic carbocycles. The van der Waals surface area contributed by atoms with Gasteiger partial charge in [-0.3, -0.25) is 19.3 Å². The standard InChI is InChI=1S/C18H17N5O4/c1-11-6-17(24)23(9-20-11)5-4-19-18(25)14-8-13(21-22-14)12-2-3-15-16(7-12)27-10-26-15/h2-3,6-9H,4-5,10H2,1H3,(H,19,25)(H,21,22). The summed E-state index contributed by atoms with van der Waals surface area (Å²) >= 11 is 0. The predicted octanol–water partition coefficient (Wildman–Crippen LogP) is 1.10. The molecule has 0 radical (unpaired) electrons. The molecule has 0 saturated heterocycles. The fraction of sp³-hybridized carbons (Fsp3) is 0.222. The SMILES string of the molecule is Cc1cc(=O)n(CCNC(=O)c2cc(-c3ccc4c(c3)OCO4)n[nH]2)cn1. The van der Waals surface area contributed by atoms with Gasteiger partial charge in [0.25, 0.3) is 11.5 Å². The van der Waals surface area contributed by atoms with E-state index >= 15 is 0 Å². The molecule has 4 rings (SSSR count). The molecule has 1 aliphatic rings. The number of amides is 1. The summed E-state index contributed by atoms with van der Waals surface area (Å²) in [6.45, 7) is 2.58. The molecule has 1 aliphatic heterocycles. The number of aromatic amines is 1. The van der Waals surface area contributed by atoms with Crippen LogP contribution in [0.4, 0.5) is 0 Å². The number of H-pyrrole nitrogens is 1. The number of aryl methyl sites for hydroxylation is 1. The van der Waals surface area contributed by atoms with Crippen LogP contribution in [-0.4, -0.2) is 39.0 Å². The fourth-order valence-electron chi connectivity index (χ4n) is 2.71. The Morgan fingerprint density at radius 1 is 1.26 bits per heavy atom. The second-order valence-corrected chi connectivity index (χ2v) is 6.05. The molecule has 3 heterocycles. The smallest absolute Gasteiger partial charge is 0.269 e. The van der Waals surface area contributed by atoms with Crippen molar-refractivity contribution >= 4 is 5.91 Å². The van der Waals surface area contributed by atoms with Crippen LogP contribution < -0.4 is 20.3 Å². The Hall–Kier alpha value is -3.62. The molecule has 0 unspecified atom stereocenters. The normalized spacial score (nSPS) is 12.2. The van der Waals surface area contributed by atoms with Gasteiger partial charge >= 0.3 is 0 Å². The first-order valence-electron chi connectivity index (χ1n) is 8.37. The first kappa shape index (κ1) is 16.8. The zero-order valence-corrected chi connectivity index (χ0v) is 14.6. The molecule has 1 aromatic carbocycles. The lowest BCUT2D eigenvalue weighted by atomic mass is 10.1. The van der Waals surface area contributed by atoms with Gasteiger partial charge in [-0.15, -0.1) is 0 Å². The number of fused-ring (bicyclic) bond motifs is 1. The van der Waals surface area contributed by atoms with E-state index in [1.165, 1.54) is 17.0 Å². The van der Waals surface area contributed by atoms with Crippen molar-refractivity contribution in [3.05, 3.63) is 58.4 Å². The Labute approximate surface area is 154 Å². The number of ether oxygens (including phenoxy) is 2. The summed E-state index contributed by atoms with van der Waals surface area (Å²) in [4.78, 5) is 28.1. The summed E-state index contributed by atoms with van der Waals surface area (Å²) in [7, 11) is 0. The quantitative estimate of drug-likeness (QED) is 0.699. The molecule has 0 fully saturated rings. The van der Waals surface area contributed by atoms with Crippen molar-refractivity contribution in [2.45, 2.75) is 13.5 Å². The van der Waals surface area contributed by atoms with Gasteiger partial charge in [0.05, 0.1) is 12.0 Å². The molecule has 9 heteroatoms. The van der Waals surface area contributed by atoms with Crippen LogP contribution in [0.3, 0.4) is 0 Å². The number of aromatic nitrogens is 4. The molecule has 2 N–H and O–H groups in total. The Kier molecular flexibility index (Phi) is 4.33. The predicted molar refractivity (Wildman–Crippen MR) is 95.7 cm³/mol. The molecule has 138 valence electrons. The van der Waals surface area contributed by atoms with Gasteiger partial charge in [0, 0.05) is 30.4 Å². The molecule has 0 bridgehead atoms. The molecule has 1 amide bonds. The second kappa shape index (κ2) is 6.94. The Morgan fingerprint density at radius 2 is 2.11 bits per heavy atom. The molecule has 0 atom stereocenters. The van der Waals surface area contributed by atoms with Crippen molar-refractivity contribution in [2.24, 2.45) is 0 Å². The number of nitrogens with one attached hydrogen (secondary N) is 2. The van der Waals surface area contributed by atoms with Gasteiger partial charge in [-0.05, 0) is 31.2 Å². The number of rotatable bonds is 5. The third-order valence-corrected chi connectivity index (χ3v) is 4.15. The van der Waals surface area contributed by atoms with Crippen molar-refractivity contribution in [3.63, 3.8) is 0 Å². The van der Waals surface area contributed by atoms with Crippen molar-refractivity contribution in [2.75, 3.05) is 13.3 Å². The maximum absolute atomic E-state index is 12.3. The minimum Gasteiger partial charge on any atom is -0.454 e. The number of hydrogen-bond donors (Lipinski definition) is 2. The van der Waals surface area contributed by atoms with E-state index in [1.807, 2.05) is 12.1 Å². The van der Waals surface area contributed by atoms with Crippen molar-refractivity contribution in [3.8, 4) is 22.8 Å². The summed E-state index contributed by atoms with van der Waals surface area (Å²) in [6.07, 6.45) is 1.47. The number of hydrogen-bond acceptors (Lipinski definition) is 6. The Bertz CT molecular complexity index is 1060. The summed E-state index contributed by atoms with van der Waals surface area (Å²) in [6, 6.07) is 8.58. The lowest BCUT2D eigenvalue weighted by molar-refractivity contribution is 0.0947. The van der Waals surface area contributed by atoms with Crippen LogP contribution >= 0.6 is 0 Å². The van der Waals surface area contributed by atoms with E-state index in [0.717, 1.165) is 5.56 Å². The minimum atomic E-state index is -0.303. The van der Waals surface area contributed by atoms with E-state index in [1.54, 1.807) is 19.1 Å². The topological polar surface area (TPSA) is 111 Å². The van der Waals surface area contributed by atoms with Crippen LogP contribution in [0.5, 0.6) is 11.5 Å². The fourth-order valence-corrected chi connectivity index (χ4v) is 2.71. The lowest BCUT2D eigenvalue weighted by Gasteiger charge is -2.06. The first-order valence-corrected chi connectivity index (χ1v) is 8.37. The first-order chi connectivity index (χ1) is 13.1. The minimum absolute atomic E-state index is 0.150. The van der Waals surface area contributed by atoms with Crippen LogP contribution in [0.25, 0.3) is 11.3 Å². The van der Waals surface area contributed by atoms with Gasteiger partial charge in [-0.2, -0.15) is 5.10 Å². The lowest BCUT2D eigenvalue weighted by Crippen LogP contribution is -2.31. The second-order valence-electron chi connectivity index (χ2n) is 6.05. The maximum Gasteiger partial charge on any atom is 0.269 e. The van der Waals surface area contributed by atoms with Gasteiger partial charge in [-0.25, -0.2) is 4.98 Å². The van der Waals surface area contributed by atoms with Crippen LogP contribution in [0, 0.1) is 6.92 Å². The van der Waals surface area contributed by atoms with E-state index in [-0.39, 0.29) is 18.3 Å². The van der Waals surface area contributed by atoms with Crippen molar-refractivity contribution in [1.82, 2.24) is 25.1 Å². The van der Waals surface area contributed by atoms with Crippen LogP contribution in [0.1, 0.15) is 16.2 Å². The zero-order valence-electron chi connectivity index (χ0n) is 14.6. The number of carbonyl (C=O) groups excluding carboxylic acids is 1. The average Bonchev–Trinajstić information content (AvgIpc) is 3.32. The molecule has 9 nitrogen and oxygen atoms in total. The summed E-state index contributed by atoms with van der Waals surface area (Å²) in [5, 5.41) is 9.65. The van der Waals surface area contributed by atoms with E-state index in [9.17, 15) is 9.59 Å². The number of benzene rings is 1. The summed E-state index contributed by atoms with van der Waals surface area (Å²) in [5.41, 5.74) is 2.28. The summed E-state index contributed by atoms with van der Waals surface area (Å²) < 4.78 is 12.1. The highest BCUT2D eigenvalue weighted by Crippen LogP contribution is 2.35. The van der Waals surface area contributed by atoms with Crippen LogP contribution in [-0.2, 0) is 6.54 Å². The molecule has 3 aromatic rings. The van der Waals surface area contributed by atoms with Crippen molar-refractivity contribution < 1.29 is 14.3 Å².